The van der Waals surface area contributed by atoms with E-state index in [-0.39, 0.29) is 0 Å². The zero-order valence-corrected chi connectivity index (χ0v) is 57.5. The van der Waals surface area contributed by atoms with E-state index < -0.39 is 7.12 Å². The van der Waals surface area contributed by atoms with Crippen LogP contribution in [0.5, 0.6) is 0 Å². The fourth-order valence-electron chi connectivity index (χ4n) is 16.1. The maximum atomic E-state index is 9.76. The van der Waals surface area contributed by atoms with Crippen LogP contribution in [0.4, 0.5) is 0 Å². The van der Waals surface area contributed by atoms with Crippen molar-refractivity contribution in [2.45, 2.75) is 12.8 Å². The van der Waals surface area contributed by atoms with Gasteiger partial charge in [0.1, 0.15) is 0 Å². The number of halogens is 1. The second kappa shape index (κ2) is 26.6. The molecule has 0 saturated carbocycles. The third-order valence-corrected chi connectivity index (χ3v) is 21.3. The van der Waals surface area contributed by atoms with E-state index in [1.165, 1.54) is 165 Å². The Bertz CT molecular complexity index is 6200. The highest BCUT2D eigenvalue weighted by Crippen LogP contribution is 2.48. The summed E-state index contributed by atoms with van der Waals surface area (Å²) in [6, 6.07) is 131. The van der Waals surface area contributed by atoms with Crippen LogP contribution in [0.2, 0.25) is 0 Å². The lowest BCUT2D eigenvalue weighted by molar-refractivity contribution is 0.426. The first-order valence-corrected chi connectivity index (χ1v) is 35.8. The molecule has 0 radical (unpaired) electrons. The Morgan fingerprint density at radius 1 is 0.206 bits per heavy atom. The Labute approximate surface area is 602 Å². The van der Waals surface area contributed by atoms with Crippen LogP contribution in [0.25, 0.3) is 165 Å². The van der Waals surface area contributed by atoms with Gasteiger partial charge in [0.2, 0.25) is 0 Å². The Kier molecular flexibility index (Phi) is 16.2. The lowest BCUT2D eigenvalue weighted by atomic mass is 9.78. The van der Waals surface area contributed by atoms with Gasteiger partial charge in [0, 0.05) is 4.47 Å². The number of benzene rings is 18. The van der Waals surface area contributed by atoms with Crippen molar-refractivity contribution in [3.63, 3.8) is 0 Å². The predicted molar refractivity (Wildman–Crippen MR) is 436 cm³/mol. The quantitative estimate of drug-likeness (QED) is 0.118. The molecule has 18 aromatic rings. The van der Waals surface area contributed by atoms with Gasteiger partial charge in [-0.25, -0.2) is 0 Å². The van der Waals surface area contributed by atoms with Gasteiger partial charge in [-0.05, 0) is 236 Å². The van der Waals surface area contributed by atoms with Gasteiger partial charge in [-0.3, -0.25) is 0 Å². The largest absolute Gasteiger partial charge is 0.488 e. The molecule has 4 heteroatoms. The van der Waals surface area contributed by atoms with Gasteiger partial charge in [-0.15, -0.1) is 0 Å². The van der Waals surface area contributed by atoms with E-state index in [2.05, 4.69) is 356 Å². The smallest absolute Gasteiger partial charge is 0.423 e. The van der Waals surface area contributed by atoms with Crippen LogP contribution >= 0.6 is 15.9 Å². The van der Waals surface area contributed by atoms with Gasteiger partial charge in [0.05, 0.1) is 0 Å². The zero-order valence-electron chi connectivity index (χ0n) is 55.9. The summed E-state index contributed by atoms with van der Waals surface area (Å²) in [6.07, 6.45) is 2.00. The molecule has 0 atom stereocenters. The first-order chi connectivity index (χ1) is 50.3. The number of fused-ring (bicyclic) bond motifs is 12. The Hall–Kier alpha value is -12.0. The van der Waals surface area contributed by atoms with E-state index in [1.807, 2.05) is 18.2 Å². The third-order valence-electron chi connectivity index (χ3n) is 20.8. The van der Waals surface area contributed by atoms with Crippen molar-refractivity contribution in [2.24, 2.45) is 0 Å². The summed E-state index contributed by atoms with van der Waals surface area (Å²) >= 11 is 3.56. The molecule has 0 heterocycles. The zero-order chi connectivity index (χ0) is 68.2. The minimum atomic E-state index is -1.50. The SMILES string of the molecule is Brc1ccc2c(c1)Cc1cc(-c3ccccc3)ccc1-2.OB(O)c1cccc(-c2c3ccccc3c(-c3ccc4ccccc4c3)c3ccccc23)c1.c1ccc(-c2ccc3c(c2)Cc2cc(-c4cccc(-c5c6ccccc6c(-c6ccc7ccccc7c6)c6ccccc56)c4)ccc2-3)cc1. The molecule has 0 unspecified atom stereocenters. The van der Waals surface area contributed by atoms with Gasteiger partial charge in [-0.2, -0.15) is 0 Å². The Morgan fingerprint density at radius 3 is 0.892 bits per heavy atom. The molecule has 2 nitrogen and oxygen atoms in total. The average Bonchev–Trinajstić information content (AvgIpc) is 1.16. The highest BCUT2D eigenvalue weighted by molar-refractivity contribution is 9.10. The van der Waals surface area contributed by atoms with E-state index >= 15 is 0 Å². The third kappa shape index (κ3) is 11.6. The van der Waals surface area contributed by atoms with E-state index in [0.29, 0.717) is 5.46 Å². The molecule has 0 fully saturated rings. The standard InChI is InChI=1S/C49H32.C30H21BO2.C19H13Br/c1-2-11-32(12-3-1)36-23-25-42-40(29-36)31-41-30-37(24-26-43(41)42)35-15-10-16-38(28-35)48-44-17-6-8-19-46(44)49(47-20-9-7-18-45(47)48)39-22-21-33-13-4-5-14-34(33)27-39;32-31(33)24-11-7-10-22(19-24)29-25-12-3-5-14-27(25)30(28-15-6-4-13-26(28)29)23-17-16-20-8-1-2-9-21(20)18-23;20-17-7-9-19-16(12-17)11-15-10-14(6-8-18(15)19)13-4-2-1-3-5-13/h1-30H,31H2;1-19,32-33H;1-10,12H,11H2. The second-order valence-electron chi connectivity index (χ2n) is 26.9. The average molecular weight is 1370 g/mol. The Morgan fingerprint density at radius 2 is 0.490 bits per heavy atom. The van der Waals surface area contributed by atoms with Crippen molar-refractivity contribution in [3.8, 4) is 100 Å². The minimum Gasteiger partial charge on any atom is -0.423 e. The fraction of sp³-hybridized carbons (Fsp3) is 0.0204. The molecule has 20 rings (SSSR count). The summed E-state index contributed by atoms with van der Waals surface area (Å²) in [5, 5.41) is 34.2. The Balaban J connectivity index is 0.000000121. The minimum absolute atomic E-state index is 0.485. The van der Waals surface area contributed by atoms with Gasteiger partial charge in [0.25, 0.3) is 0 Å². The fourth-order valence-corrected chi connectivity index (χ4v) is 16.5. The van der Waals surface area contributed by atoms with Crippen LogP contribution in [0.15, 0.2) is 368 Å². The molecule has 480 valence electrons. The first-order valence-electron chi connectivity index (χ1n) is 35.0. The topological polar surface area (TPSA) is 40.5 Å². The predicted octanol–water partition coefficient (Wildman–Crippen LogP) is 25.2. The molecule has 0 spiro atoms. The van der Waals surface area contributed by atoms with Crippen molar-refractivity contribution < 1.29 is 10.0 Å². The molecule has 2 aliphatic rings. The van der Waals surface area contributed by atoms with Crippen LogP contribution in [-0.2, 0) is 12.8 Å². The number of rotatable bonds is 8. The molecule has 18 aromatic carbocycles. The summed E-state index contributed by atoms with van der Waals surface area (Å²) in [5.41, 5.74) is 28.8. The summed E-state index contributed by atoms with van der Waals surface area (Å²) in [4.78, 5) is 0. The number of hydrogen-bond acceptors (Lipinski definition) is 2. The van der Waals surface area contributed by atoms with Crippen LogP contribution in [0, 0.1) is 0 Å². The van der Waals surface area contributed by atoms with Crippen LogP contribution in [0.3, 0.4) is 0 Å². The summed E-state index contributed by atoms with van der Waals surface area (Å²) in [6.45, 7) is 0. The molecule has 0 amide bonds. The summed E-state index contributed by atoms with van der Waals surface area (Å²) < 4.78 is 1.16. The lowest BCUT2D eigenvalue weighted by Crippen LogP contribution is -2.29. The molecule has 0 bridgehead atoms. The van der Waals surface area contributed by atoms with Crippen molar-refractivity contribution in [2.75, 3.05) is 0 Å². The molecule has 0 aromatic heterocycles. The normalized spacial score (nSPS) is 11.8. The van der Waals surface area contributed by atoms with E-state index in [4.69, 9.17) is 0 Å². The highest BCUT2D eigenvalue weighted by atomic mass is 79.9. The van der Waals surface area contributed by atoms with E-state index in [9.17, 15) is 10.0 Å². The molecular weight excluding hydrogens is 1300 g/mol. The van der Waals surface area contributed by atoms with Crippen molar-refractivity contribution in [1.29, 1.82) is 0 Å². The maximum absolute atomic E-state index is 9.76. The summed E-state index contributed by atoms with van der Waals surface area (Å²) in [5.74, 6) is 0. The summed E-state index contributed by atoms with van der Waals surface area (Å²) in [7, 11) is -1.50. The van der Waals surface area contributed by atoms with E-state index in [1.54, 1.807) is 6.07 Å². The van der Waals surface area contributed by atoms with Crippen LogP contribution in [0.1, 0.15) is 22.3 Å². The van der Waals surface area contributed by atoms with Gasteiger partial charge >= 0.3 is 7.12 Å². The molecule has 2 aliphatic carbocycles. The van der Waals surface area contributed by atoms with Crippen LogP contribution < -0.4 is 5.46 Å². The highest BCUT2D eigenvalue weighted by Gasteiger charge is 2.24. The maximum Gasteiger partial charge on any atom is 0.488 e. The lowest BCUT2D eigenvalue weighted by Gasteiger charge is -2.18. The van der Waals surface area contributed by atoms with Crippen LogP contribution in [-0.4, -0.2) is 17.2 Å². The number of hydrogen-bond donors (Lipinski definition) is 2. The molecule has 0 aliphatic heterocycles. The molecule has 0 saturated heterocycles. The molecule has 2 N–H and O–H groups in total. The van der Waals surface area contributed by atoms with E-state index in [0.717, 1.165) is 39.2 Å². The first kappa shape index (κ1) is 62.3. The van der Waals surface area contributed by atoms with Gasteiger partial charge < -0.3 is 10.0 Å². The molecule has 102 heavy (non-hydrogen) atoms. The van der Waals surface area contributed by atoms with Gasteiger partial charge in [-0.1, -0.05) is 350 Å². The van der Waals surface area contributed by atoms with Crippen molar-refractivity contribution in [3.05, 3.63) is 391 Å². The monoisotopic (exact) mass is 1360 g/mol. The van der Waals surface area contributed by atoms with Gasteiger partial charge in [0.15, 0.2) is 0 Å². The molecular formula is C98H66BBrO2. The second-order valence-corrected chi connectivity index (χ2v) is 27.8. The van der Waals surface area contributed by atoms with Crippen molar-refractivity contribution in [1.82, 2.24) is 0 Å². The van der Waals surface area contributed by atoms with Crippen molar-refractivity contribution >= 4 is 93.1 Å².